The van der Waals surface area contributed by atoms with Crippen LogP contribution in [-0.2, 0) is 6.42 Å². The molecule has 0 aliphatic heterocycles. The van der Waals surface area contributed by atoms with Crippen LogP contribution in [0, 0.1) is 0 Å². The molecule has 2 aromatic rings. The third-order valence-corrected chi connectivity index (χ3v) is 2.24. The summed E-state index contributed by atoms with van der Waals surface area (Å²) in [6.45, 7) is 0.840. The van der Waals surface area contributed by atoms with E-state index in [-0.39, 0.29) is 11.6 Å². The van der Waals surface area contributed by atoms with Gasteiger partial charge in [-0.3, -0.25) is 0 Å². The quantitative estimate of drug-likeness (QED) is 0.848. The lowest BCUT2D eigenvalue weighted by molar-refractivity contribution is 0.391. The van der Waals surface area contributed by atoms with Crippen molar-refractivity contribution in [3.63, 3.8) is 0 Å². The Morgan fingerprint density at radius 1 is 1.41 bits per heavy atom. The van der Waals surface area contributed by atoms with Crippen LogP contribution in [0.2, 0.25) is 0 Å². The molecule has 0 unspecified atom stereocenters. The van der Waals surface area contributed by atoms with Crippen molar-refractivity contribution < 1.29 is 9.63 Å². The minimum atomic E-state index is 0.0373. The highest BCUT2D eigenvalue weighted by atomic mass is 16.5. The van der Waals surface area contributed by atoms with Crippen LogP contribution < -0.4 is 0 Å². The average Bonchev–Trinajstić information content (AvgIpc) is 2.75. The molecule has 0 radical (unpaired) electrons. The molecule has 0 fully saturated rings. The fourth-order valence-corrected chi connectivity index (χ4v) is 1.34. The highest BCUT2D eigenvalue weighted by Gasteiger charge is 2.13. The summed E-state index contributed by atoms with van der Waals surface area (Å²) in [5, 5.41) is 13.4. The van der Waals surface area contributed by atoms with Crippen molar-refractivity contribution in [3.05, 3.63) is 24.2 Å². The van der Waals surface area contributed by atoms with Crippen molar-refractivity contribution in [2.45, 2.75) is 6.42 Å². The van der Waals surface area contributed by atoms with Gasteiger partial charge in [-0.1, -0.05) is 5.16 Å². The Hall–Kier alpha value is -1.95. The van der Waals surface area contributed by atoms with Crippen molar-refractivity contribution >= 4 is 0 Å². The molecule has 0 atom stereocenters. The second-order valence-corrected chi connectivity index (χ2v) is 3.94. The summed E-state index contributed by atoms with van der Waals surface area (Å²) in [7, 11) is 3.96. The lowest BCUT2D eigenvalue weighted by Crippen LogP contribution is -2.15. The molecule has 0 amide bonds. The monoisotopic (exact) mass is 234 g/mol. The molecule has 1 N–H and O–H groups in total. The largest absolute Gasteiger partial charge is 0.505 e. The van der Waals surface area contributed by atoms with E-state index in [1.165, 1.54) is 6.07 Å². The number of likely N-dealkylation sites (N-methyl/N-ethyl adjacent to an activating group) is 1. The van der Waals surface area contributed by atoms with Gasteiger partial charge in [0.15, 0.2) is 11.5 Å². The minimum Gasteiger partial charge on any atom is -0.505 e. The van der Waals surface area contributed by atoms with Gasteiger partial charge in [-0.25, -0.2) is 4.98 Å². The van der Waals surface area contributed by atoms with Crippen LogP contribution in [0.1, 0.15) is 5.82 Å². The average molecular weight is 234 g/mol. The van der Waals surface area contributed by atoms with Crippen LogP contribution in [0.3, 0.4) is 0 Å². The van der Waals surface area contributed by atoms with Gasteiger partial charge in [0.2, 0.25) is 0 Å². The van der Waals surface area contributed by atoms with Gasteiger partial charge in [0.1, 0.15) is 5.75 Å². The highest BCUT2D eigenvalue weighted by Crippen LogP contribution is 2.24. The molecule has 2 aromatic heterocycles. The summed E-state index contributed by atoms with van der Waals surface area (Å²) in [5.41, 5.74) is 0.316. The topological polar surface area (TPSA) is 75.3 Å². The molecule has 0 saturated carbocycles. The van der Waals surface area contributed by atoms with E-state index in [2.05, 4.69) is 15.1 Å². The second-order valence-electron chi connectivity index (χ2n) is 3.94. The number of hydrogen-bond donors (Lipinski definition) is 1. The smallest absolute Gasteiger partial charge is 0.280 e. The Bertz CT molecular complexity index is 496. The molecular weight excluding hydrogens is 220 g/mol. The third-order valence-electron chi connectivity index (χ3n) is 2.24. The van der Waals surface area contributed by atoms with Crippen molar-refractivity contribution in [1.82, 2.24) is 20.0 Å². The molecule has 0 bridgehead atoms. The van der Waals surface area contributed by atoms with E-state index >= 15 is 0 Å². The van der Waals surface area contributed by atoms with Gasteiger partial charge >= 0.3 is 0 Å². The van der Waals surface area contributed by atoms with E-state index in [0.29, 0.717) is 17.9 Å². The fourth-order valence-electron chi connectivity index (χ4n) is 1.34. The molecule has 90 valence electrons. The summed E-state index contributed by atoms with van der Waals surface area (Å²) in [6.07, 6.45) is 2.27. The molecule has 0 aliphatic rings. The predicted molar refractivity (Wildman–Crippen MR) is 61.5 cm³/mol. The van der Waals surface area contributed by atoms with Gasteiger partial charge < -0.3 is 14.5 Å². The first-order valence-corrected chi connectivity index (χ1v) is 5.28. The summed E-state index contributed by atoms with van der Waals surface area (Å²) >= 11 is 0. The summed E-state index contributed by atoms with van der Waals surface area (Å²) < 4.78 is 5.06. The molecule has 6 heteroatoms. The number of hydrogen-bond acceptors (Lipinski definition) is 6. The molecule has 0 spiro atoms. The first-order valence-electron chi connectivity index (χ1n) is 5.28. The van der Waals surface area contributed by atoms with Gasteiger partial charge in [-0.15, -0.1) is 0 Å². The Balaban J connectivity index is 2.16. The SMILES string of the molecule is CN(C)CCc1noc(-c2ncccc2O)n1. The Labute approximate surface area is 98.9 Å². The summed E-state index contributed by atoms with van der Waals surface area (Å²) in [4.78, 5) is 10.2. The van der Waals surface area contributed by atoms with Crippen LogP contribution in [0.25, 0.3) is 11.6 Å². The minimum absolute atomic E-state index is 0.0373. The zero-order valence-corrected chi connectivity index (χ0v) is 9.79. The fraction of sp³-hybridized carbons (Fsp3) is 0.364. The van der Waals surface area contributed by atoms with E-state index < -0.39 is 0 Å². The molecule has 0 aromatic carbocycles. The van der Waals surface area contributed by atoms with E-state index in [0.717, 1.165) is 6.54 Å². The summed E-state index contributed by atoms with van der Waals surface area (Å²) in [5.74, 6) is 0.894. The van der Waals surface area contributed by atoms with Gasteiger partial charge in [-0.2, -0.15) is 4.98 Å². The van der Waals surface area contributed by atoms with Gasteiger partial charge in [0.05, 0.1) is 0 Å². The van der Waals surface area contributed by atoms with Gasteiger partial charge in [-0.05, 0) is 26.2 Å². The Morgan fingerprint density at radius 2 is 2.24 bits per heavy atom. The normalized spacial score (nSPS) is 11.0. The molecule has 2 rings (SSSR count). The van der Waals surface area contributed by atoms with Crippen molar-refractivity contribution in [3.8, 4) is 17.3 Å². The molecule has 0 saturated heterocycles. The zero-order chi connectivity index (χ0) is 12.3. The lowest BCUT2D eigenvalue weighted by Gasteiger charge is -2.05. The molecule has 2 heterocycles. The van der Waals surface area contributed by atoms with E-state index in [9.17, 15) is 5.11 Å². The predicted octanol–water partition coefficient (Wildman–Crippen LogP) is 0.941. The lowest BCUT2D eigenvalue weighted by atomic mass is 10.3. The number of pyridine rings is 1. The van der Waals surface area contributed by atoms with Crippen LogP contribution in [-0.4, -0.2) is 45.8 Å². The highest BCUT2D eigenvalue weighted by molar-refractivity contribution is 5.55. The Kier molecular flexibility index (Phi) is 3.34. The number of rotatable bonds is 4. The first kappa shape index (κ1) is 11.5. The maximum absolute atomic E-state index is 9.59. The Morgan fingerprint density at radius 3 is 2.94 bits per heavy atom. The van der Waals surface area contributed by atoms with E-state index in [4.69, 9.17) is 4.52 Å². The first-order chi connectivity index (χ1) is 8.16. The van der Waals surface area contributed by atoms with Crippen LogP contribution in [0.5, 0.6) is 5.75 Å². The van der Waals surface area contributed by atoms with Gasteiger partial charge in [0.25, 0.3) is 5.89 Å². The van der Waals surface area contributed by atoms with Crippen molar-refractivity contribution in [2.75, 3.05) is 20.6 Å². The van der Waals surface area contributed by atoms with Crippen LogP contribution in [0.4, 0.5) is 0 Å². The van der Waals surface area contributed by atoms with Crippen LogP contribution >= 0.6 is 0 Å². The molecule has 17 heavy (non-hydrogen) atoms. The van der Waals surface area contributed by atoms with E-state index in [1.807, 2.05) is 19.0 Å². The summed E-state index contributed by atoms with van der Waals surface area (Å²) in [6, 6.07) is 3.17. The number of aromatic nitrogens is 3. The molecule has 0 aliphatic carbocycles. The maximum atomic E-state index is 9.59. The van der Waals surface area contributed by atoms with Crippen LogP contribution in [0.15, 0.2) is 22.9 Å². The molecular formula is C11H14N4O2. The maximum Gasteiger partial charge on any atom is 0.280 e. The van der Waals surface area contributed by atoms with Crippen molar-refractivity contribution in [1.29, 1.82) is 0 Å². The zero-order valence-electron chi connectivity index (χ0n) is 9.79. The number of nitrogens with zero attached hydrogens (tertiary/aromatic N) is 4. The third kappa shape index (κ3) is 2.79. The van der Waals surface area contributed by atoms with Gasteiger partial charge in [0, 0.05) is 19.2 Å². The molecule has 6 nitrogen and oxygen atoms in total. The standard InChI is InChI=1S/C11H14N4O2/c1-15(2)7-5-9-13-11(17-14-9)10-8(16)4-3-6-12-10/h3-4,6,16H,5,7H2,1-2H3. The van der Waals surface area contributed by atoms with Crippen molar-refractivity contribution in [2.24, 2.45) is 0 Å². The second kappa shape index (κ2) is 4.92. The van der Waals surface area contributed by atoms with E-state index in [1.54, 1.807) is 12.3 Å². The number of aromatic hydroxyl groups is 1.